The van der Waals surface area contributed by atoms with Gasteiger partial charge in [-0.1, -0.05) is 6.07 Å². The molecule has 1 aromatic rings. The van der Waals surface area contributed by atoms with E-state index in [9.17, 15) is 9.18 Å². The summed E-state index contributed by atoms with van der Waals surface area (Å²) in [5.74, 6) is -0.384. The maximum atomic E-state index is 13.2. The van der Waals surface area contributed by atoms with Crippen molar-refractivity contribution in [2.45, 2.75) is 12.5 Å². The van der Waals surface area contributed by atoms with E-state index in [-0.39, 0.29) is 24.3 Å². The van der Waals surface area contributed by atoms with Crippen LogP contribution in [0.3, 0.4) is 0 Å². The Morgan fingerprint density at radius 1 is 1.44 bits per heavy atom. The Labute approximate surface area is 106 Å². The molecule has 0 spiro atoms. The Bertz CT molecular complexity index is 438. The lowest BCUT2D eigenvalue weighted by atomic mass is 10.2. The third kappa shape index (κ3) is 2.52. The van der Waals surface area contributed by atoms with Gasteiger partial charge in [-0.05, 0) is 31.7 Å². The first-order valence-electron chi connectivity index (χ1n) is 6.10. The zero-order valence-electron chi connectivity index (χ0n) is 10.5. The van der Waals surface area contributed by atoms with Crippen molar-refractivity contribution in [2.24, 2.45) is 5.73 Å². The Morgan fingerprint density at radius 2 is 2.22 bits per heavy atom. The van der Waals surface area contributed by atoms with Crippen LogP contribution < -0.4 is 10.6 Å². The number of benzene rings is 1. The summed E-state index contributed by atoms with van der Waals surface area (Å²) in [5, 5.41) is 0. The third-order valence-corrected chi connectivity index (χ3v) is 3.32. The summed E-state index contributed by atoms with van der Waals surface area (Å²) in [6.45, 7) is 1.70. The molecule has 0 aliphatic carbocycles. The van der Waals surface area contributed by atoms with Gasteiger partial charge in [-0.2, -0.15) is 0 Å². The molecule has 1 atom stereocenters. The molecule has 5 heteroatoms. The minimum Gasteiger partial charge on any atom is -0.328 e. The van der Waals surface area contributed by atoms with E-state index in [0.29, 0.717) is 12.2 Å². The molecular weight excluding hydrogens is 233 g/mol. The molecule has 1 aliphatic rings. The molecule has 2 N–H and O–H groups in total. The Morgan fingerprint density at radius 3 is 2.89 bits per heavy atom. The number of anilines is 1. The van der Waals surface area contributed by atoms with Gasteiger partial charge in [0.15, 0.2) is 0 Å². The fourth-order valence-electron chi connectivity index (χ4n) is 2.29. The summed E-state index contributed by atoms with van der Waals surface area (Å²) >= 11 is 0. The smallest absolute Gasteiger partial charge is 0.245 e. The van der Waals surface area contributed by atoms with E-state index in [2.05, 4.69) is 0 Å². The van der Waals surface area contributed by atoms with Gasteiger partial charge in [-0.25, -0.2) is 4.39 Å². The molecule has 1 amide bonds. The van der Waals surface area contributed by atoms with Gasteiger partial charge >= 0.3 is 0 Å². The Kier molecular flexibility index (Phi) is 3.93. The summed E-state index contributed by atoms with van der Waals surface area (Å²) in [6.07, 6.45) is 0.856. The lowest BCUT2D eigenvalue weighted by Gasteiger charge is -2.27. The molecule has 1 saturated heterocycles. The van der Waals surface area contributed by atoms with Gasteiger partial charge in [0, 0.05) is 25.3 Å². The highest BCUT2D eigenvalue weighted by atomic mass is 19.1. The van der Waals surface area contributed by atoms with Crippen LogP contribution in [0, 0.1) is 5.82 Å². The van der Waals surface area contributed by atoms with Crippen LogP contribution in [0.1, 0.15) is 6.42 Å². The molecule has 2 rings (SSSR count). The monoisotopic (exact) mass is 251 g/mol. The van der Waals surface area contributed by atoms with E-state index in [0.717, 1.165) is 13.0 Å². The molecule has 1 aromatic carbocycles. The second-order valence-electron chi connectivity index (χ2n) is 4.56. The minimum absolute atomic E-state index is 0.0527. The minimum atomic E-state index is -0.331. The number of carbonyl (C=O) groups is 1. The predicted molar refractivity (Wildman–Crippen MR) is 68.8 cm³/mol. The molecule has 0 radical (unpaired) electrons. The lowest BCUT2D eigenvalue weighted by Crippen LogP contribution is -2.48. The maximum Gasteiger partial charge on any atom is 0.245 e. The number of nitrogens with two attached hydrogens (primary N) is 1. The highest BCUT2D eigenvalue weighted by Crippen LogP contribution is 2.20. The first kappa shape index (κ1) is 13.0. The second-order valence-corrected chi connectivity index (χ2v) is 4.56. The summed E-state index contributed by atoms with van der Waals surface area (Å²) in [6, 6.07) is 5.80. The fourth-order valence-corrected chi connectivity index (χ4v) is 2.29. The van der Waals surface area contributed by atoms with Gasteiger partial charge in [0.05, 0.1) is 0 Å². The summed E-state index contributed by atoms with van der Waals surface area (Å²) in [5.41, 5.74) is 6.27. The van der Waals surface area contributed by atoms with E-state index < -0.39 is 0 Å². The fraction of sp³-hybridized carbons (Fsp3) is 0.462. The number of hydrogen-bond acceptors (Lipinski definition) is 3. The van der Waals surface area contributed by atoms with Crippen LogP contribution in [-0.2, 0) is 4.79 Å². The van der Waals surface area contributed by atoms with Gasteiger partial charge in [-0.15, -0.1) is 0 Å². The standard InChI is InChI=1S/C13H18FN3O/c1-16-6-3-7-17(13(18)12(16)9-15)11-5-2-4-10(14)8-11/h2,4-5,8,12H,3,6-7,9,15H2,1H3. The summed E-state index contributed by atoms with van der Waals surface area (Å²) < 4.78 is 13.2. The second kappa shape index (κ2) is 5.46. The number of amides is 1. The average Bonchev–Trinajstić information content (AvgIpc) is 2.48. The van der Waals surface area contributed by atoms with Crippen LogP contribution in [0.25, 0.3) is 0 Å². The van der Waals surface area contributed by atoms with Crippen LogP contribution >= 0.6 is 0 Å². The van der Waals surface area contributed by atoms with E-state index in [1.54, 1.807) is 17.0 Å². The van der Waals surface area contributed by atoms with Crippen molar-refractivity contribution in [3.63, 3.8) is 0 Å². The van der Waals surface area contributed by atoms with E-state index >= 15 is 0 Å². The average molecular weight is 251 g/mol. The van der Waals surface area contributed by atoms with Gasteiger partial charge in [0.25, 0.3) is 0 Å². The van der Waals surface area contributed by atoms with Crippen LogP contribution in [0.2, 0.25) is 0 Å². The highest BCUT2D eigenvalue weighted by Gasteiger charge is 2.30. The van der Waals surface area contributed by atoms with Crippen molar-refractivity contribution < 1.29 is 9.18 Å². The molecular formula is C13H18FN3O. The van der Waals surface area contributed by atoms with Crippen molar-refractivity contribution in [2.75, 3.05) is 31.6 Å². The highest BCUT2D eigenvalue weighted by molar-refractivity contribution is 5.97. The normalized spacial score (nSPS) is 22.1. The predicted octanol–water partition coefficient (Wildman–Crippen LogP) is 0.821. The first-order valence-corrected chi connectivity index (χ1v) is 6.10. The molecule has 0 aromatic heterocycles. The number of rotatable bonds is 2. The van der Waals surface area contributed by atoms with Crippen molar-refractivity contribution in [1.29, 1.82) is 0 Å². The van der Waals surface area contributed by atoms with E-state index in [4.69, 9.17) is 5.73 Å². The zero-order chi connectivity index (χ0) is 13.1. The third-order valence-electron chi connectivity index (χ3n) is 3.32. The van der Waals surface area contributed by atoms with Crippen molar-refractivity contribution >= 4 is 11.6 Å². The molecule has 0 saturated carbocycles. The molecule has 1 unspecified atom stereocenters. The molecule has 1 aliphatic heterocycles. The molecule has 4 nitrogen and oxygen atoms in total. The molecule has 1 fully saturated rings. The molecule has 0 bridgehead atoms. The molecule has 18 heavy (non-hydrogen) atoms. The quantitative estimate of drug-likeness (QED) is 0.846. The Hall–Kier alpha value is -1.46. The van der Waals surface area contributed by atoms with Crippen molar-refractivity contribution in [3.8, 4) is 0 Å². The number of likely N-dealkylation sites (N-methyl/N-ethyl adjacent to an activating group) is 1. The number of halogens is 1. The van der Waals surface area contributed by atoms with Gasteiger partial charge in [0.2, 0.25) is 5.91 Å². The number of nitrogens with zero attached hydrogens (tertiary/aromatic N) is 2. The summed E-state index contributed by atoms with van der Waals surface area (Å²) in [7, 11) is 1.89. The van der Waals surface area contributed by atoms with Crippen molar-refractivity contribution in [3.05, 3.63) is 30.1 Å². The van der Waals surface area contributed by atoms with Crippen LogP contribution in [0.4, 0.5) is 10.1 Å². The van der Waals surface area contributed by atoms with E-state index in [1.807, 2.05) is 11.9 Å². The zero-order valence-corrected chi connectivity index (χ0v) is 10.5. The van der Waals surface area contributed by atoms with Gasteiger partial charge < -0.3 is 10.6 Å². The SMILES string of the molecule is CN1CCCN(c2cccc(F)c2)C(=O)C1CN. The molecule has 1 heterocycles. The number of hydrogen-bond donors (Lipinski definition) is 1. The van der Waals surface area contributed by atoms with Crippen LogP contribution in [0.15, 0.2) is 24.3 Å². The van der Waals surface area contributed by atoms with Crippen LogP contribution in [0.5, 0.6) is 0 Å². The van der Waals surface area contributed by atoms with Gasteiger partial charge in [0.1, 0.15) is 11.9 Å². The Balaban J connectivity index is 2.29. The topological polar surface area (TPSA) is 49.6 Å². The van der Waals surface area contributed by atoms with Crippen molar-refractivity contribution in [1.82, 2.24) is 4.90 Å². The maximum absolute atomic E-state index is 13.2. The first-order chi connectivity index (χ1) is 8.63. The molecule has 98 valence electrons. The van der Waals surface area contributed by atoms with E-state index in [1.165, 1.54) is 12.1 Å². The van der Waals surface area contributed by atoms with Gasteiger partial charge in [-0.3, -0.25) is 9.69 Å². The summed E-state index contributed by atoms with van der Waals surface area (Å²) in [4.78, 5) is 16.0. The largest absolute Gasteiger partial charge is 0.328 e. The lowest BCUT2D eigenvalue weighted by molar-refractivity contribution is -0.122. The number of carbonyl (C=O) groups excluding carboxylic acids is 1. The van der Waals surface area contributed by atoms with Crippen LogP contribution in [-0.4, -0.2) is 43.5 Å².